The van der Waals surface area contributed by atoms with E-state index in [4.69, 9.17) is 0 Å². The number of rotatable bonds is 4. The van der Waals surface area contributed by atoms with Gasteiger partial charge in [0.15, 0.2) is 0 Å². The second-order valence-corrected chi connectivity index (χ2v) is 4.70. The number of hydrogen-bond acceptors (Lipinski definition) is 2. The summed E-state index contributed by atoms with van der Waals surface area (Å²) in [6, 6.07) is -1.57. The van der Waals surface area contributed by atoms with Gasteiger partial charge >= 0.3 is 6.18 Å². The molecule has 1 rings (SSSR count). The van der Waals surface area contributed by atoms with E-state index >= 15 is 0 Å². The third-order valence-electron chi connectivity index (χ3n) is 1.88. The molecule has 0 aromatic carbocycles. The van der Waals surface area contributed by atoms with Gasteiger partial charge in [0.1, 0.15) is 6.04 Å². The van der Waals surface area contributed by atoms with Crippen LogP contribution in [-0.4, -0.2) is 12.7 Å². The fourth-order valence-corrected chi connectivity index (χ4v) is 2.74. The Labute approximate surface area is 98.8 Å². The fraction of sp³-hybridized carbons (Fsp3) is 0.556. The van der Waals surface area contributed by atoms with E-state index in [0.717, 1.165) is 0 Å². The highest BCUT2D eigenvalue weighted by molar-refractivity contribution is 9.10. The van der Waals surface area contributed by atoms with Gasteiger partial charge in [0.2, 0.25) is 0 Å². The van der Waals surface area contributed by atoms with Crippen molar-refractivity contribution >= 4 is 27.3 Å². The van der Waals surface area contributed by atoms with E-state index in [1.54, 1.807) is 5.38 Å². The van der Waals surface area contributed by atoms with Crippen molar-refractivity contribution in [3.63, 3.8) is 0 Å². The normalized spacial score (nSPS) is 14.2. The van der Waals surface area contributed by atoms with Crippen LogP contribution < -0.4 is 5.32 Å². The first kappa shape index (κ1) is 13.0. The van der Waals surface area contributed by atoms with E-state index < -0.39 is 12.2 Å². The molecular formula is C9H11BrF3NS. The minimum atomic E-state index is -4.25. The molecule has 0 aliphatic rings. The summed E-state index contributed by atoms with van der Waals surface area (Å²) in [4.78, 5) is 0. The van der Waals surface area contributed by atoms with Crippen LogP contribution in [0.15, 0.2) is 15.2 Å². The molecule has 0 saturated heterocycles. The Balaban J connectivity index is 2.87. The Morgan fingerprint density at radius 2 is 2.13 bits per heavy atom. The summed E-state index contributed by atoms with van der Waals surface area (Å²) in [6.07, 6.45) is -3.58. The van der Waals surface area contributed by atoms with Crippen LogP contribution >= 0.6 is 27.3 Å². The third kappa shape index (κ3) is 3.46. The van der Waals surface area contributed by atoms with E-state index in [1.807, 2.05) is 6.92 Å². The van der Waals surface area contributed by atoms with Crippen LogP contribution in [-0.2, 0) is 0 Å². The van der Waals surface area contributed by atoms with Crippen LogP contribution in [0.2, 0.25) is 0 Å². The molecule has 1 aromatic heterocycles. The summed E-state index contributed by atoms with van der Waals surface area (Å²) < 4.78 is 38.6. The van der Waals surface area contributed by atoms with E-state index in [0.29, 0.717) is 17.4 Å². The first-order chi connectivity index (χ1) is 6.96. The van der Waals surface area contributed by atoms with E-state index in [1.165, 1.54) is 16.7 Å². The first-order valence-corrected chi connectivity index (χ1v) is 6.22. The molecule has 1 heterocycles. The fourth-order valence-electron chi connectivity index (χ4n) is 1.19. The Morgan fingerprint density at radius 1 is 1.47 bits per heavy atom. The van der Waals surface area contributed by atoms with Crippen molar-refractivity contribution < 1.29 is 13.2 Å². The summed E-state index contributed by atoms with van der Waals surface area (Å²) >= 11 is 4.38. The molecular weight excluding hydrogens is 291 g/mol. The molecule has 15 heavy (non-hydrogen) atoms. The molecule has 6 heteroatoms. The first-order valence-electron chi connectivity index (χ1n) is 4.48. The van der Waals surface area contributed by atoms with Crippen LogP contribution in [0.5, 0.6) is 0 Å². The van der Waals surface area contributed by atoms with Crippen LogP contribution in [0.25, 0.3) is 0 Å². The molecule has 1 aromatic rings. The highest BCUT2D eigenvalue weighted by Crippen LogP contribution is 2.37. The largest absolute Gasteiger partial charge is 0.407 e. The van der Waals surface area contributed by atoms with Gasteiger partial charge < -0.3 is 5.32 Å². The quantitative estimate of drug-likeness (QED) is 0.882. The standard InChI is InChI=1S/C9H11BrF3NS/c1-2-3-14-8(9(11,12)13)6-4-15-5-7(6)10/h4-5,8,14H,2-3H2,1H3. The maximum Gasteiger partial charge on any atom is 0.407 e. The monoisotopic (exact) mass is 301 g/mol. The number of nitrogens with one attached hydrogen (secondary N) is 1. The zero-order chi connectivity index (χ0) is 11.5. The molecule has 0 aliphatic heterocycles. The van der Waals surface area contributed by atoms with Crippen LogP contribution in [0, 0.1) is 0 Å². The molecule has 0 aliphatic carbocycles. The number of thiophene rings is 1. The Hall–Kier alpha value is -0.0700. The molecule has 0 spiro atoms. The van der Waals surface area contributed by atoms with E-state index in [9.17, 15) is 13.2 Å². The van der Waals surface area contributed by atoms with Gasteiger partial charge in [-0.3, -0.25) is 0 Å². The van der Waals surface area contributed by atoms with Gasteiger partial charge in [-0.15, -0.1) is 0 Å². The van der Waals surface area contributed by atoms with Gasteiger partial charge in [-0.25, -0.2) is 0 Å². The van der Waals surface area contributed by atoms with Crippen molar-refractivity contribution in [1.82, 2.24) is 5.32 Å². The minimum absolute atomic E-state index is 0.265. The van der Waals surface area contributed by atoms with Gasteiger partial charge in [0.05, 0.1) is 0 Å². The van der Waals surface area contributed by atoms with Gasteiger partial charge in [0, 0.05) is 15.4 Å². The Bertz CT molecular complexity index is 311. The lowest BCUT2D eigenvalue weighted by atomic mass is 10.1. The Kier molecular flexibility index (Phi) is 4.61. The minimum Gasteiger partial charge on any atom is -0.302 e. The maximum absolute atomic E-state index is 12.7. The topological polar surface area (TPSA) is 12.0 Å². The average Bonchev–Trinajstić information content (AvgIpc) is 2.51. The third-order valence-corrected chi connectivity index (χ3v) is 3.63. The smallest absolute Gasteiger partial charge is 0.302 e. The predicted molar refractivity (Wildman–Crippen MR) is 59.1 cm³/mol. The summed E-state index contributed by atoms with van der Waals surface area (Å²) in [7, 11) is 0. The van der Waals surface area contributed by atoms with E-state index in [2.05, 4.69) is 21.2 Å². The molecule has 0 fully saturated rings. The Morgan fingerprint density at radius 3 is 2.53 bits per heavy atom. The highest BCUT2D eigenvalue weighted by Gasteiger charge is 2.41. The van der Waals surface area contributed by atoms with Crippen molar-refractivity contribution in [1.29, 1.82) is 0 Å². The van der Waals surface area contributed by atoms with Gasteiger partial charge in [-0.2, -0.15) is 24.5 Å². The maximum atomic E-state index is 12.7. The second-order valence-electron chi connectivity index (χ2n) is 3.10. The second kappa shape index (κ2) is 5.32. The molecule has 0 saturated carbocycles. The highest BCUT2D eigenvalue weighted by atomic mass is 79.9. The van der Waals surface area contributed by atoms with E-state index in [-0.39, 0.29) is 5.56 Å². The zero-order valence-electron chi connectivity index (χ0n) is 8.07. The molecule has 1 atom stereocenters. The zero-order valence-corrected chi connectivity index (χ0v) is 10.5. The SMILES string of the molecule is CCCNC(c1cscc1Br)C(F)(F)F. The molecule has 0 bridgehead atoms. The van der Waals surface area contributed by atoms with Gasteiger partial charge in [-0.1, -0.05) is 6.92 Å². The summed E-state index contributed by atoms with van der Waals surface area (Å²) in [5, 5.41) is 5.68. The lowest BCUT2D eigenvalue weighted by Crippen LogP contribution is -2.34. The molecule has 0 radical (unpaired) electrons. The predicted octanol–water partition coefficient (Wildman–Crippen LogP) is 4.11. The van der Waals surface area contributed by atoms with Crippen LogP contribution in [0.4, 0.5) is 13.2 Å². The number of halogens is 4. The average molecular weight is 302 g/mol. The molecule has 1 unspecified atom stereocenters. The van der Waals surface area contributed by atoms with Crippen molar-refractivity contribution in [3.8, 4) is 0 Å². The van der Waals surface area contributed by atoms with Crippen molar-refractivity contribution in [2.45, 2.75) is 25.6 Å². The van der Waals surface area contributed by atoms with Crippen LogP contribution in [0.3, 0.4) is 0 Å². The molecule has 1 nitrogen and oxygen atoms in total. The van der Waals surface area contributed by atoms with Gasteiger partial charge in [-0.05, 0) is 34.3 Å². The number of alkyl halides is 3. The molecule has 86 valence electrons. The van der Waals surface area contributed by atoms with Gasteiger partial charge in [0.25, 0.3) is 0 Å². The molecule has 0 amide bonds. The molecule has 1 N–H and O–H groups in total. The van der Waals surface area contributed by atoms with Crippen molar-refractivity contribution in [3.05, 3.63) is 20.8 Å². The van der Waals surface area contributed by atoms with Crippen molar-refractivity contribution in [2.75, 3.05) is 6.54 Å². The summed E-state index contributed by atoms with van der Waals surface area (Å²) in [5.74, 6) is 0. The lowest BCUT2D eigenvalue weighted by Gasteiger charge is -2.21. The van der Waals surface area contributed by atoms with Crippen LogP contribution in [0.1, 0.15) is 24.9 Å². The summed E-state index contributed by atoms with van der Waals surface area (Å²) in [6.45, 7) is 2.19. The number of hydrogen-bond donors (Lipinski definition) is 1. The van der Waals surface area contributed by atoms with Crippen molar-refractivity contribution in [2.24, 2.45) is 0 Å². The summed E-state index contributed by atoms with van der Waals surface area (Å²) in [5.41, 5.74) is 0.265. The lowest BCUT2D eigenvalue weighted by molar-refractivity contribution is -0.157.